The summed E-state index contributed by atoms with van der Waals surface area (Å²) in [7, 11) is 0. The van der Waals surface area contributed by atoms with Gasteiger partial charge in [0.1, 0.15) is 0 Å². The number of carbonyl (C=O) groups is 2. The van der Waals surface area contributed by atoms with Crippen LogP contribution < -0.4 is 0 Å². The maximum atomic E-state index is 12.2. The normalized spacial score (nSPS) is 22.2. The van der Waals surface area contributed by atoms with Gasteiger partial charge in [-0.1, -0.05) is 13.0 Å². The molecule has 0 radical (unpaired) electrons. The molecule has 1 saturated heterocycles. The monoisotopic (exact) mass is 303 g/mol. The number of rotatable bonds is 5. The van der Waals surface area contributed by atoms with Crippen molar-refractivity contribution >= 4 is 23.0 Å². The number of hydrogen-bond acceptors (Lipinski definition) is 4. The molecule has 21 heavy (non-hydrogen) atoms. The van der Waals surface area contributed by atoms with Crippen LogP contribution in [-0.2, 0) is 16.1 Å². The van der Waals surface area contributed by atoms with Crippen molar-refractivity contribution in [1.29, 1.82) is 0 Å². The van der Waals surface area contributed by atoms with Crippen LogP contribution in [0.15, 0.2) is 36.2 Å². The molecular weight excluding hydrogens is 286 g/mol. The van der Waals surface area contributed by atoms with Crippen LogP contribution in [-0.4, -0.2) is 32.7 Å². The van der Waals surface area contributed by atoms with Gasteiger partial charge in [-0.15, -0.1) is 11.3 Å². The highest BCUT2D eigenvalue weighted by Gasteiger charge is 2.45. The highest BCUT2D eigenvalue weighted by Crippen LogP contribution is 2.37. The maximum absolute atomic E-state index is 12.2. The zero-order valence-electron chi connectivity index (χ0n) is 11.8. The summed E-state index contributed by atoms with van der Waals surface area (Å²) < 4.78 is 1.98. The SMILES string of the molecule is CC1C(=O)C(=O)N(CCCn2ccnc2)C1c1cccs1. The molecule has 0 aliphatic carbocycles. The topological polar surface area (TPSA) is 55.2 Å². The van der Waals surface area contributed by atoms with E-state index in [0.29, 0.717) is 6.54 Å². The molecule has 2 atom stereocenters. The molecule has 2 aromatic rings. The van der Waals surface area contributed by atoms with Crippen LogP contribution in [0.4, 0.5) is 0 Å². The van der Waals surface area contributed by atoms with Gasteiger partial charge in [0.05, 0.1) is 18.3 Å². The van der Waals surface area contributed by atoms with Gasteiger partial charge < -0.3 is 9.47 Å². The van der Waals surface area contributed by atoms with Gasteiger partial charge in [0.25, 0.3) is 5.91 Å². The summed E-state index contributed by atoms with van der Waals surface area (Å²) in [6.07, 6.45) is 6.21. The second-order valence-corrected chi connectivity index (χ2v) is 6.25. The van der Waals surface area contributed by atoms with Gasteiger partial charge >= 0.3 is 0 Å². The molecule has 110 valence electrons. The van der Waals surface area contributed by atoms with Gasteiger partial charge in [-0.2, -0.15) is 0 Å². The molecule has 0 spiro atoms. The molecule has 1 amide bonds. The highest BCUT2D eigenvalue weighted by molar-refractivity contribution is 7.10. The number of Topliss-reactive ketones (excluding diaryl/α,β-unsaturated/α-hetero) is 1. The lowest BCUT2D eigenvalue weighted by Gasteiger charge is -2.25. The largest absolute Gasteiger partial charge is 0.337 e. The lowest BCUT2D eigenvalue weighted by atomic mass is 10.0. The Hall–Kier alpha value is -1.95. The van der Waals surface area contributed by atoms with Crippen molar-refractivity contribution in [3.63, 3.8) is 0 Å². The number of carbonyl (C=O) groups excluding carboxylic acids is 2. The Morgan fingerprint density at radius 1 is 1.33 bits per heavy atom. The summed E-state index contributed by atoms with van der Waals surface area (Å²) in [5, 5.41) is 1.99. The highest BCUT2D eigenvalue weighted by atomic mass is 32.1. The number of nitrogens with zero attached hydrogens (tertiary/aromatic N) is 3. The molecule has 3 heterocycles. The summed E-state index contributed by atoms with van der Waals surface area (Å²) in [5.41, 5.74) is 0. The Morgan fingerprint density at radius 2 is 2.19 bits per heavy atom. The fraction of sp³-hybridized carbons (Fsp3) is 0.400. The Bertz CT molecular complexity index is 621. The zero-order valence-corrected chi connectivity index (χ0v) is 12.6. The number of thiophene rings is 1. The van der Waals surface area contributed by atoms with Gasteiger partial charge in [-0.25, -0.2) is 4.98 Å². The van der Waals surface area contributed by atoms with E-state index < -0.39 is 0 Å². The van der Waals surface area contributed by atoms with Crippen molar-refractivity contribution in [2.45, 2.75) is 25.9 Å². The standard InChI is InChI=1S/C15H17N3O2S/c1-11-13(12-4-2-9-21-12)18(15(20)14(11)19)7-3-6-17-8-5-16-10-17/h2,4-5,8-11,13H,3,6-7H2,1H3. The van der Waals surface area contributed by atoms with Crippen molar-refractivity contribution in [2.75, 3.05) is 6.54 Å². The smallest absolute Gasteiger partial charge is 0.290 e. The molecule has 3 rings (SSSR count). The van der Waals surface area contributed by atoms with E-state index in [-0.39, 0.29) is 23.7 Å². The third-order valence-electron chi connectivity index (χ3n) is 3.90. The number of aryl methyl sites for hydroxylation is 1. The number of amides is 1. The average molecular weight is 303 g/mol. The third kappa shape index (κ3) is 2.63. The molecule has 0 saturated carbocycles. The predicted octanol–water partition coefficient (Wildman–Crippen LogP) is 2.12. The first-order valence-corrected chi connectivity index (χ1v) is 7.90. The van der Waals surface area contributed by atoms with Crippen LogP contribution in [0.5, 0.6) is 0 Å². The van der Waals surface area contributed by atoms with Crippen molar-refractivity contribution < 1.29 is 9.59 Å². The Morgan fingerprint density at radius 3 is 2.86 bits per heavy atom. The first kappa shape index (κ1) is 14.0. The van der Waals surface area contributed by atoms with Crippen LogP contribution in [0.25, 0.3) is 0 Å². The van der Waals surface area contributed by atoms with Gasteiger partial charge in [-0.05, 0) is 17.9 Å². The van der Waals surface area contributed by atoms with E-state index in [0.717, 1.165) is 17.8 Å². The molecule has 0 N–H and O–H groups in total. The number of imidazole rings is 1. The number of likely N-dealkylation sites (tertiary alicyclic amines) is 1. The second-order valence-electron chi connectivity index (χ2n) is 5.27. The van der Waals surface area contributed by atoms with Crippen LogP contribution in [0.2, 0.25) is 0 Å². The molecule has 2 unspecified atom stereocenters. The van der Waals surface area contributed by atoms with E-state index in [1.807, 2.05) is 35.2 Å². The van der Waals surface area contributed by atoms with Crippen molar-refractivity contribution in [1.82, 2.24) is 14.5 Å². The summed E-state index contributed by atoms with van der Waals surface area (Å²) >= 11 is 1.60. The van der Waals surface area contributed by atoms with Crippen LogP contribution in [0, 0.1) is 5.92 Å². The van der Waals surface area contributed by atoms with E-state index in [4.69, 9.17) is 0 Å². The minimum Gasteiger partial charge on any atom is -0.337 e. The van der Waals surface area contributed by atoms with Gasteiger partial charge in [0.15, 0.2) is 0 Å². The summed E-state index contributed by atoms with van der Waals surface area (Å²) in [4.78, 5) is 31.0. The molecular formula is C15H17N3O2S. The molecule has 6 heteroatoms. The molecule has 1 aliphatic heterocycles. The molecule has 5 nitrogen and oxygen atoms in total. The van der Waals surface area contributed by atoms with Crippen molar-refractivity contribution in [3.8, 4) is 0 Å². The second kappa shape index (κ2) is 5.81. The van der Waals surface area contributed by atoms with Crippen molar-refractivity contribution in [2.24, 2.45) is 5.92 Å². The Kier molecular flexibility index (Phi) is 3.88. The first-order valence-electron chi connectivity index (χ1n) is 7.02. The van der Waals surface area contributed by atoms with E-state index in [9.17, 15) is 9.59 Å². The lowest BCUT2D eigenvalue weighted by molar-refractivity contribution is -0.141. The minimum atomic E-state index is -0.341. The zero-order chi connectivity index (χ0) is 14.8. The van der Waals surface area contributed by atoms with Gasteiger partial charge in [-0.3, -0.25) is 9.59 Å². The Balaban J connectivity index is 1.71. The van der Waals surface area contributed by atoms with E-state index >= 15 is 0 Å². The lowest BCUT2D eigenvalue weighted by Crippen LogP contribution is -2.31. The van der Waals surface area contributed by atoms with Gasteiger partial charge in [0.2, 0.25) is 5.78 Å². The average Bonchev–Trinajstić information content (AvgIpc) is 3.20. The summed E-state index contributed by atoms with van der Waals surface area (Å²) in [6.45, 7) is 3.24. The number of hydrogen-bond donors (Lipinski definition) is 0. The third-order valence-corrected chi connectivity index (χ3v) is 4.85. The number of aromatic nitrogens is 2. The quantitative estimate of drug-likeness (QED) is 0.795. The summed E-state index contributed by atoms with van der Waals surface area (Å²) in [6, 6.07) is 3.86. The Labute approximate surface area is 127 Å². The number of ketones is 1. The predicted molar refractivity (Wildman–Crippen MR) is 79.8 cm³/mol. The molecule has 2 aromatic heterocycles. The minimum absolute atomic E-state index is 0.104. The van der Waals surface area contributed by atoms with E-state index in [2.05, 4.69) is 4.98 Å². The molecule has 0 bridgehead atoms. The fourth-order valence-electron chi connectivity index (χ4n) is 2.82. The first-order chi connectivity index (χ1) is 10.2. The van der Waals surface area contributed by atoms with E-state index in [1.54, 1.807) is 28.8 Å². The van der Waals surface area contributed by atoms with Gasteiger partial charge in [0, 0.05) is 30.4 Å². The maximum Gasteiger partial charge on any atom is 0.290 e. The van der Waals surface area contributed by atoms with Crippen molar-refractivity contribution in [3.05, 3.63) is 41.1 Å². The van der Waals surface area contributed by atoms with E-state index in [1.165, 1.54) is 0 Å². The van der Waals surface area contributed by atoms with Crippen LogP contribution in [0.1, 0.15) is 24.3 Å². The molecule has 0 aromatic carbocycles. The summed E-state index contributed by atoms with van der Waals surface area (Å²) in [5.74, 6) is -0.869. The molecule has 1 fully saturated rings. The fourth-order valence-corrected chi connectivity index (χ4v) is 3.76. The van der Waals surface area contributed by atoms with Crippen LogP contribution >= 0.6 is 11.3 Å². The van der Waals surface area contributed by atoms with Crippen LogP contribution in [0.3, 0.4) is 0 Å². The molecule has 1 aliphatic rings.